The molecule has 5 nitrogen and oxygen atoms in total. The number of carbonyl (C=O) groups excluding carboxylic acids is 2. The normalized spacial score (nSPS) is 27.0. The van der Waals surface area contributed by atoms with Crippen LogP contribution in [0, 0.1) is 5.92 Å². The van der Waals surface area contributed by atoms with Gasteiger partial charge in [-0.2, -0.15) is 0 Å². The number of amides is 2. The lowest BCUT2D eigenvalue weighted by atomic mass is 9.88. The maximum Gasteiger partial charge on any atom is 0.224 e. The van der Waals surface area contributed by atoms with Crippen LogP contribution >= 0.6 is 12.4 Å². The standard InChI is InChI=1S/C17H31N3O2.ClH/c1-12(19-17(22)15-7-5-4-6-8-15)11-16(21)20-10-9-18-13(2)14(20)3;/h12-15,18H,4-11H2,1-3H3,(H,19,22);1H. The molecule has 2 N–H and O–H groups in total. The molecule has 1 aliphatic carbocycles. The molecule has 2 amide bonds. The molecule has 3 atom stereocenters. The SMILES string of the molecule is CC(CC(=O)N1CCNC(C)C1C)NC(=O)C1CCCCC1.Cl. The first-order valence-corrected chi connectivity index (χ1v) is 8.82. The summed E-state index contributed by atoms with van der Waals surface area (Å²) in [6, 6.07) is 0.451. The minimum Gasteiger partial charge on any atom is -0.353 e. The van der Waals surface area contributed by atoms with Crippen LogP contribution in [0.2, 0.25) is 0 Å². The Morgan fingerprint density at radius 2 is 1.87 bits per heavy atom. The molecule has 0 radical (unpaired) electrons. The smallest absolute Gasteiger partial charge is 0.224 e. The highest BCUT2D eigenvalue weighted by atomic mass is 35.5. The van der Waals surface area contributed by atoms with Crippen molar-refractivity contribution in [1.82, 2.24) is 15.5 Å². The molecule has 6 heteroatoms. The first-order chi connectivity index (χ1) is 10.5. The predicted octanol–water partition coefficient (Wildman–Crippen LogP) is 2.09. The molecule has 3 unspecified atom stereocenters. The van der Waals surface area contributed by atoms with Crippen molar-refractivity contribution < 1.29 is 9.59 Å². The van der Waals surface area contributed by atoms with E-state index in [1.165, 1.54) is 6.42 Å². The van der Waals surface area contributed by atoms with Gasteiger partial charge >= 0.3 is 0 Å². The van der Waals surface area contributed by atoms with Crippen molar-refractivity contribution in [1.29, 1.82) is 0 Å². The zero-order chi connectivity index (χ0) is 16.1. The van der Waals surface area contributed by atoms with Gasteiger partial charge in [0.1, 0.15) is 0 Å². The summed E-state index contributed by atoms with van der Waals surface area (Å²) in [4.78, 5) is 26.7. The molecule has 2 rings (SSSR count). The third-order valence-corrected chi connectivity index (χ3v) is 5.20. The van der Waals surface area contributed by atoms with Crippen LogP contribution in [-0.4, -0.2) is 47.9 Å². The first kappa shape index (κ1) is 20.2. The molecule has 0 bridgehead atoms. The number of carbonyl (C=O) groups is 2. The van der Waals surface area contributed by atoms with Gasteiger partial charge in [-0.05, 0) is 33.6 Å². The Bertz CT molecular complexity index is 399. The van der Waals surface area contributed by atoms with Crippen LogP contribution in [0.15, 0.2) is 0 Å². The number of rotatable bonds is 4. The molecule has 1 saturated carbocycles. The summed E-state index contributed by atoms with van der Waals surface area (Å²) in [7, 11) is 0. The second-order valence-electron chi connectivity index (χ2n) is 7.02. The third kappa shape index (κ3) is 5.64. The van der Waals surface area contributed by atoms with Gasteiger partial charge in [0, 0.05) is 43.6 Å². The molecule has 2 aliphatic rings. The Hall–Kier alpha value is -0.810. The van der Waals surface area contributed by atoms with Gasteiger partial charge in [-0.15, -0.1) is 12.4 Å². The van der Waals surface area contributed by atoms with Crippen molar-refractivity contribution in [3.63, 3.8) is 0 Å². The van der Waals surface area contributed by atoms with E-state index in [9.17, 15) is 9.59 Å². The molecule has 0 aromatic heterocycles. The summed E-state index contributed by atoms with van der Waals surface area (Å²) in [6.45, 7) is 7.74. The quantitative estimate of drug-likeness (QED) is 0.820. The van der Waals surface area contributed by atoms with Crippen molar-refractivity contribution in [2.24, 2.45) is 5.92 Å². The largest absolute Gasteiger partial charge is 0.353 e. The summed E-state index contributed by atoms with van der Waals surface area (Å²) >= 11 is 0. The van der Waals surface area contributed by atoms with E-state index in [0.29, 0.717) is 12.5 Å². The Labute approximate surface area is 146 Å². The van der Waals surface area contributed by atoms with Crippen LogP contribution in [0.3, 0.4) is 0 Å². The number of hydrogen-bond acceptors (Lipinski definition) is 3. The molecule has 134 valence electrons. The van der Waals surface area contributed by atoms with E-state index in [4.69, 9.17) is 0 Å². The fourth-order valence-electron chi connectivity index (χ4n) is 3.56. The molecule has 1 aliphatic heterocycles. The van der Waals surface area contributed by atoms with Crippen LogP contribution in [0.25, 0.3) is 0 Å². The number of hydrogen-bond donors (Lipinski definition) is 2. The van der Waals surface area contributed by atoms with Gasteiger partial charge in [-0.3, -0.25) is 9.59 Å². The van der Waals surface area contributed by atoms with Gasteiger partial charge in [0.2, 0.25) is 11.8 Å². The zero-order valence-corrected chi connectivity index (χ0v) is 15.5. The summed E-state index contributed by atoms with van der Waals surface area (Å²) in [6.07, 6.45) is 5.95. The molecule has 0 spiro atoms. The van der Waals surface area contributed by atoms with Crippen molar-refractivity contribution in [2.75, 3.05) is 13.1 Å². The monoisotopic (exact) mass is 345 g/mol. The van der Waals surface area contributed by atoms with Crippen molar-refractivity contribution in [3.05, 3.63) is 0 Å². The van der Waals surface area contributed by atoms with E-state index in [1.807, 2.05) is 11.8 Å². The maximum atomic E-state index is 12.5. The Kier molecular flexibility index (Phi) is 8.34. The molecule has 1 saturated heterocycles. The van der Waals surface area contributed by atoms with E-state index >= 15 is 0 Å². The van der Waals surface area contributed by atoms with Crippen LogP contribution in [0.1, 0.15) is 59.3 Å². The lowest BCUT2D eigenvalue weighted by molar-refractivity contribution is -0.135. The van der Waals surface area contributed by atoms with Crippen molar-refractivity contribution >= 4 is 24.2 Å². The lowest BCUT2D eigenvalue weighted by Gasteiger charge is -2.39. The number of nitrogens with one attached hydrogen (secondary N) is 2. The van der Waals surface area contributed by atoms with Crippen molar-refractivity contribution in [2.45, 2.75) is 77.4 Å². The molecule has 0 aromatic carbocycles. The molecular weight excluding hydrogens is 314 g/mol. The summed E-state index contributed by atoms with van der Waals surface area (Å²) in [5.41, 5.74) is 0. The topological polar surface area (TPSA) is 61.4 Å². The van der Waals surface area contributed by atoms with Crippen LogP contribution < -0.4 is 10.6 Å². The van der Waals surface area contributed by atoms with Gasteiger partial charge in [0.05, 0.1) is 0 Å². The third-order valence-electron chi connectivity index (χ3n) is 5.20. The second-order valence-corrected chi connectivity index (χ2v) is 7.02. The fraction of sp³-hybridized carbons (Fsp3) is 0.882. The van der Waals surface area contributed by atoms with E-state index < -0.39 is 0 Å². The summed E-state index contributed by atoms with van der Waals surface area (Å²) < 4.78 is 0. The highest BCUT2D eigenvalue weighted by Crippen LogP contribution is 2.23. The maximum absolute atomic E-state index is 12.5. The van der Waals surface area contributed by atoms with Crippen LogP contribution in [0.5, 0.6) is 0 Å². The molecular formula is C17H32ClN3O2. The molecule has 2 fully saturated rings. The Balaban J connectivity index is 0.00000264. The van der Waals surface area contributed by atoms with Crippen LogP contribution in [0.4, 0.5) is 0 Å². The van der Waals surface area contributed by atoms with Gasteiger partial charge in [0.15, 0.2) is 0 Å². The molecule has 1 heterocycles. The van der Waals surface area contributed by atoms with Gasteiger partial charge in [0.25, 0.3) is 0 Å². The minimum atomic E-state index is -0.0840. The van der Waals surface area contributed by atoms with E-state index in [-0.39, 0.29) is 42.2 Å². The van der Waals surface area contributed by atoms with Gasteiger partial charge in [-0.25, -0.2) is 0 Å². The fourth-order valence-corrected chi connectivity index (χ4v) is 3.56. The average molecular weight is 346 g/mol. The average Bonchev–Trinajstić information content (AvgIpc) is 2.50. The molecule has 23 heavy (non-hydrogen) atoms. The Morgan fingerprint density at radius 1 is 1.22 bits per heavy atom. The number of piperazine rings is 1. The van der Waals surface area contributed by atoms with E-state index in [1.54, 1.807) is 0 Å². The highest BCUT2D eigenvalue weighted by Gasteiger charge is 2.29. The van der Waals surface area contributed by atoms with E-state index in [2.05, 4.69) is 24.5 Å². The second kappa shape index (κ2) is 9.48. The highest BCUT2D eigenvalue weighted by molar-refractivity contribution is 5.85. The van der Waals surface area contributed by atoms with E-state index in [0.717, 1.165) is 38.8 Å². The molecule has 0 aromatic rings. The minimum absolute atomic E-state index is 0. The van der Waals surface area contributed by atoms with Gasteiger partial charge in [-0.1, -0.05) is 19.3 Å². The number of halogens is 1. The first-order valence-electron chi connectivity index (χ1n) is 8.82. The van der Waals surface area contributed by atoms with Crippen LogP contribution in [-0.2, 0) is 9.59 Å². The number of nitrogens with zero attached hydrogens (tertiary/aromatic N) is 1. The lowest BCUT2D eigenvalue weighted by Crippen LogP contribution is -2.57. The predicted molar refractivity (Wildman–Crippen MR) is 94.7 cm³/mol. The van der Waals surface area contributed by atoms with Gasteiger partial charge < -0.3 is 15.5 Å². The zero-order valence-electron chi connectivity index (χ0n) is 14.6. The van der Waals surface area contributed by atoms with Crippen molar-refractivity contribution in [3.8, 4) is 0 Å². The summed E-state index contributed by atoms with van der Waals surface area (Å²) in [5.74, 6) is 0.448. The Morgan fingerprint density at radius 3 is 2.52 bits per heavy atom. The summed E-state index contributed by atoms with van der Waals surface area (Å²) in [5, 5.41) is 6.43.